The predicted octanol–water partition coefficient (Wildman–Crippen LogP) is 3.05. The Morgan fingerprint density at radius 2 is 2.12 bits per heavy atom. The SMILES string of the molecule is COc1cccc(CNC(=O)NC2(c3nc(C)no3)CCCCC2)c1. The number of carbonyl (C=O) groups is 1. The van der Waals surface area contributed by atoms with Crippen molar-refractivity contribution in [3.63, 3.8) is 0 Å². The first-order valence-electron chi connectivity index (χ1n) is 8.61. The minimum absolute atomic E-state index is 0.236. The van der Waals surface area contributed by atoms with Crippen LogP contribution in [-0.2, 0) is 12.1 Å². The summed E-state index contributed by atoms with van der Waals surface area (Å²) < 4.78 is 10.6. The maximum atomic E-state index is 12.5. The molecule has 25 heavy (non-hydrogen) atoms. The van der Waals surface area contributed by atoms with Crippen LogP contribution in [0.5, 0.6) is 5.75 Å². The van der Waals surface area contributed by atoms with Crippen molar-refractivity contribution >= 4 is 6.03 Å². The molecule has 0 bridgehead atoms. The summed E-state index contributed by atoms with van der Waals surface area (Å²) in [6.07, 6.45) is 4.82. The molecular formula is C18H24N4O3. The van der Waals surface area contributed by atoms with Crippen LogP contribution < -0.4 is 15.4 Å². The van der Waals surface area contributed by atoms with Gasteiger partial charge in [0.15, 0.2) is 5.82 Å². The van der Waals surface area contributed by atoms with Crippen LogP contribution in [0.2, 0.25) is 0 Å². The summed E-state index contributed by atoms with van der Waals surface area (Å²) in [5.74, 6) is 1.85. The second-order valence-corrected chi connectivity index (χ2v) is 6.45. The standard InChI is InChI=1S/C18H24N4O3/c1-13-20-16(25-22-13)18(9-4-3-5-10-18)21-17(23)19-12-14-7-6-8-15(11-14)24-2/h6-8,11H,3-5,9-10,12H2,1-2H3,(H2,19,21,23). The van der Waals surface area contributed by atoms with Gasteiger partial charge in [-0.05, 0) is 37.5 Å². The molecule has 134 valence electrons. The third-order valence-electron chi connectivity index (χ3n) is 4.58. The zero-order chi connectivity index (χ0) is 17.7. The van der Waals surface area contributed by atoms with Crippen molar-refractivity contribution in [1.82, 2.24) is 20.8 Å². The summed E-state index contributed by atoms with van der Waals surface area (Å²) in [6, 6.07) is 7.38. The topological polar surface area (TPSA) is 89.3 Å². The lowest BCUT2D eigenvalue weighted by molar-refractivity contribution is 0.167. The number of nitrogens with zero attached hydrogens (tertiary/aromatic N) is 2. The van der Waals surface area contributed by atoms with Crippen molar-refractivity contribution in [3.05, 3.63) is 41.5 Å². The van der Waals surface area contributed by atoms with E-state index < -0.39 is 5.54 Å². The quantitative estimate of drug-likeness (QED) is 0.870. The zero-order valence-corrected chi connectivity index (χ0v) is 14.7. The molecule has 3 rings (SSSR count). The molecule has 7 nitrogen and oxygen atoms in total. The van der Waals surface area contributed by atoms with E-state index in [1.54, 1.807) is 14.0 Å². The van der Waals surface area contributed by atoms with Crippen molar-refractivity contribution in [2.24, 2.45) is 0 Å². The van der Waals surface area contributed by atoms with Crippen molar-refractivity contribution in [2.45, 2.75) is 51.1 Å². The molecule has 1 heterocycles. The third-order valence-corrected chi connectivity index (χ3v) is 4.58. The average molecular weight is 344 g/mol. The highest BCUT2D eigenvalue weighted by Gasteiger charge is 2.40. The number of nitrogens with one attached hydrogen (secondary N) is 2. The molecule has 0 unspecified atom stereocenters. The number of aryl methyl sites for hydroxylation is 1. The van der Waals surface area contributed by atoms with Gasteiger partial charge in [-0.15, -0.1) is 0 Å². The van der Waals surface area contributed by atoms with Gasteiger partial charge in [0.05, 0.1) is 7.11 Å². The van der Waals surface area contributed by atoms with Crippen LogP contribution in [0.25, 0.3) is 0 Å². The van der Waals surface area contributed by atoms with Crippen molar-refractivity contribution < 1.29 is 14.1 Å². The predicted molar refractivity (Wildman–Crippen MR) is 92.2 cm³/mol. The fourth-order valence-corrected chi connectivity index (χ4v) is 3.27. The van der Waals surface area contributed by atoms with Crippen LogP contribution in [0.1, 0.15) is 49.4 Å². The number of ether oxygens (including phenoxy) is 1. The zero-order valence-electron chi connectivity index (χ0n) is 14.7. The molecule has 1 aliphatic carbocycles. The average Bonchev–Trinajstić information content (AvgIpc) is 3.08. The summed E-state index contributed by atoms with van der Waals surface area (Å²) in [5.41, 5.74) is 0.402. The molecule has 0 radical (unpaired) electrons. The number of carbonyl (C=O) groups excluding carboxylic acids is 1. The summed E-state index contributed by atoms with van der Waals surface area (Å²) in [7, 11) is 1.62. The number of hydrogen-bond acceptors (Lipinski definition) is 5. The van der Waals surface area contributed by atoms with E-state index in [4.69, 9.17) is 9.26 Å². The second-order valence-electron chi connectivity index (χ2n) is 6.45. The number of aromatic nitrogens is 2. The second kappa shape index (κ2) is 7.55. The van der Waals surface area contributed by atoms with Gasteiger partial charge in [0.1, 0.15) is 11.3 Å². The van der Waals surface area contributed by atoms with E-state index in [1.807, 2.05) is 24.3 Å². The fraction of sp³-hybridized carbons (Fsp3) is 0.500. The van der Waals surface area contributed by atoms with Crippen molar-refractivity contribution in [2.75, 3.05) is 7.11 Å². The Bertz CT molecular complexity index is 723. The Balaban J connectivity index is 1.66. The van der Waals surface area contributed by atoms with E-state index in [9.17, 15) is 4.79 Å². The van der Waals surface area contributed by atoms with Crippen LogP contribution in [-0.4, -0.2) is 23.3 Å². The van der Waals surface area contributed by atoms with E-state index >= 15 is 0 Å². The van der Waals surface area contributed by atoms with E-state index in [-0.39, 0.29) is 6.03 Å². The number of hydrogen-bond donors (Lipinski definition) is 2. The van der Waals surface area contributed by atoms with Gasteiger partial charge in [-0.1, -0.05) is 36.6 Å². The number of amides is 2. The number of benzene rings is 1. The smallest absolute Gasteiger partial charge is 0.315 e. The molecule has 1 aromatic carbocycles. The minimum atomic E-state index is -0.571. The highest BCUT2D eigenvalue weighted by molar-refractivity contribution is 5.75. The van der Waals surface area contributed by atoms with Gasteiger partial charge < -0.3 is 19.9 Å². The van der Waals surface area contributed by atoms with Crippen LogP contribution in [0.4, 0.5) is 4.79 Å². The lowest BCUT2D eigenvalue weighted by Crippen LogP contribution is -2.51. The summed E-state index contributed by atoms with van der Waals surface area (Å²) in [6.45, 7) is 2.20. The lowest BCUT2D eigenvalue weighted by Gasteiger charge is -2.34. The van der Waals surface area contributed by atoms with E-state index in [1.165, 1.54) is 0 Å². The first-order chi connectivity index (χ1) is 12.1. The number of rotatable bonds is 5. The van der Waals surface area contributed by atoms with Gasteiger partial charge in [0.25, 0.3) is 5.89 Å². The Hall–Kier alpha value is -2.57. The highest BCUT2D eigenvalue weighted by Crippen LogP contribution is 2.36. The fourth-order valence-electron chi connectivity index (χ4n) is 3.27. The largest absolute Gasteiger partial charge is 0.497 e. The third kappa shape index (κ3) is 4.10. The maximum Gasteiger partial charge on any atom is 0.315 e. The van der Waals surface area contributed by atoms with E-state index in [0.29, 0.717) is 18.3 Å². The van der Waals surface area contributed by atoms with Gasteiger partial charge >= 0.3 is 6.03 Å². The Morgan fingerprint density at radius 3 is 2.80 bits per heavy atom. The summed E-state index contributed by atoms with van der Waals surface area (Å²) in [4.78, 5) is 16.8. The molecular weight excluding hydrogens is 320 g/mol. The highest BCUT2D eigenvalue weighted by atomic mass is 16.5. The molecule has 0 spiro atoms. The molecule has 2 aromatic rings. The van der Waals surface area contributed by atoms with Crippen LogP contribution >= 0.6 is 0 Å². The van der Waals surface area contributed by atoms with E-state index in [2.05, 4.69) is 20.8 Å². The molecule has 0 saturated heterocycles. The van der Waals surface area contributed by atoms with E-state index in [0.717, 1.165) is 43.4 Å². The Kier molecular flexibility index (Phi) is 5.21. The molecule has 1 fully saturated rings. The van der Waals surface area contributed by atoms with Crippen LogP contribution in [0.15, 0.2) is 28.8 Å². The molecule has 1 saturated carbocycles. The first kappa shape index (κ1) is 17.3. The van der Waals surface area contributed by atoms with Crippen LogP contribution in [0, 0.1) is 6.92 Å². The summed E-state index contributed by atoms with van der Waals surface area (Å²) >= 11 is 0. The van der Waals surface area contributed by atoms with Crippen LogP contribution in [0.3, 0.4) is 0 Å². The normalized spacial score (nSPS) is 16.2. The molecule has 7 heteroatoms. The van der Waals surface area contributed by atoms with Gasteiger partial charge in [-0.2, -0.15) is 4.98 Å². The van der Waals surface area contributed by atoms with Crippen molar-refractivity contribution in [3.8, 4) is 5.75 Å². The molecule has 1 aliphatic rings. The molecule has 1 aromatic heterocycles. The first-order valence-corrected chi connectivity index (χ1v) is 8.61. The molecule has 0 atom stereocenters. The monoisotopic (exact) mass is 344 g/mol. The minimum Gasteiger partial charge on any atom is -0.497 e. The molecule has 0 aliphatic heterocycles. The maximum absolute atomic E-state index is 12.5. The Labute approximate surface area is 147 Å². The van der Waals surface area contributed by atoms with Gasteiger partial charge in [0, 0.05) is 6.54 Å². The van der Waals surface area contributed by atoms with Gasteiger partial charge in [0.2, 0.25) is 0 Å². The van der Waals surface area contributed by atoms with Gasteiger partial charge in [-0.3, -0.25) is 0 Å². The lowest BCUT2D eigenvalue weighted by atomic mass is 9.81. The van der Waals surface area contributed by atoms with Crippen molar-refractivity contribution in [1.29, 1.82) is 0 Å². The number of methoxy groups -OCH3 is 1. The molecule has 2 N–H and O–H groups in total. The summed E-state index contributed by atoms with van der Waals surface area (Å²) in [5, 5.41) is 9.87. The Morgan fingerprint density at radius 1 is 1.32 bits per heavy atom. The molecule has 2 amide bonds. The number of urea groups is 1. The van der Waals surface area contributed by atoms with Gasteiger partial charge in [-0.25, -0.2) is 4.79 Å².